The van der Waals surface area contributed by atoms with E-state index in [9.17, 15) is 4.79 Å². The number of amides is 1. The van der Waals surface area contributed by atoms with Crippen molar-refractivity contribution < 1.29 is 9.53 Å². The monoisotopic (exact) mass is 393 g/mol. The van der Waals surface area contributed by atoms with Crippen molar-refractivity contribution in [3.63, 3.8) is 0 Å². The van der Waals surface area contributed by atoms with E-state index in [2.05, 4.69) is 21.6 Å². The molecule has 6 heteroatoms. The number of benzene rings is 1. The number of ether oxygens (including phenoxy) is 1. The highest BCUT2D eigenvalue weighted by Gasteiger charge is 2.25. The van der Waals surface area contributed by atoms with Gasteiger partial charge >= 0.3 is 0 Å². The number of carbonyl (C=O) groups is 1. The second kappa shape index (κ2) is 10.3. The lowest BCUT2D eigenvalue weighted by atomic mass is 9.93. The van der Waals surface area contributed by atoms with Gasteiger partial charge in [-0.25, -0.2) is 0 Å². The Kier molecular flexibility index (Phi) is 7.80. The zero-order valence-electron chi connectivity index (χ0n) is 16.4. The molecular formula is C21H32ClN3O2. The Hall–Kier alpha value is -1.30. The lowest BCUT2D eigenvalue weighted by molar-refractivity contribution is -0.134. The number of likely N-dealkylation sites (tertiary alicyclic amines) is 1. The molecule has 1 aromatic rings. The molecule has 0 N–H and O–H groups in total. The van der Waals surface area contributed by atoms with E-state index in [1.54, 1.807) is 0 Å². The summed E-state index contributed by atoms with van der Waals surface area (Å²) in [5.41, 5.74) is 0. The van der Waals surface area contributed by atoms with Crippen LogP contribution in [0.3, 0.4) is 0 Å². The third kappa shape index (κ3) is 6.37. The zero-order chi connectivity index (χ0) is 19.1. The van der Waals surface area contributed by atoms with Crippen molar-refractivity contribution in [3.05, 3.63) is 29.3 Å². The molecule has 0 atom stereocenters. The smallest absolute Gasteiger partial charge is 0.222 e. The fraction of sp³-hybridized carbons (Fsp3) is 0.667. The second-order valence-electron chi connectivity index (χ2n) is 7.61. The van der Waals surface area contributed by atoms with Crippen molar-refractivity contribution in [1.29, 1.82) is 0 Å². The van der Waals surface area contributed by atoms with Crippen LogP contribution in [0, 0.1) is 5.92 Å². The molecule has 1 amide bonds. The average Bonchev–Trinajstić information content (AvgIpc) is 2.71. The molecule has 0 bridgehead atoms. The first-order valence-corrected chi connectivity index (χ1v) is 10.6. The summed E-state index contributed by atoms with van der Waals surface area (Å²) >= 11 is 5.89. The lowest BCUT2D eigenvalue weighted by Gasteiger charge is -2.36. The van der Waals surface area contributed by atoms with Crippen LogP contribution in [0.15, 0.2) is 24.3 Å². The van der Waals surface area contributed by atoms with E-state index < -0.39 is 0 Å². The highest BCUT2D eigenvalue weighted by molar-refractivity contribution is 6.30. The van der Waals surface area contributed by atoms with Crippen molar-refractivity contribution in [2.75, 3.05) is 59.0 Å². The van der Waals surface area contributed by atoms with Gasteiger partial charge in [-0.15, -0.1) is 0 Å². The van der Waals surface area contributed by atoms with Crippen LogP contribution in [0.1, 0.15) is 26.2 Å². The number of halogens is 1. The fourth-order valence-electron chi connectivity index (χ4n) is 3.93. The van der Waals surface area contributed by atoms with E-state index in [1.807, 2.05) is 24.3 Å². The molecule has 2 fully saturated rings. The largest absolute Gasteiger partial charge is 0.492 e. The van der Waals surface area contributed by atoms with E-state index in [-0.39, 0.29) is 0 Å². The molecule has 5 nitrogen and oxygen atoms in total. The van der Waals surface area contributed by atoms with Crippen LogP contribution in [0.2, 0.25) is 5.02 Å². The zero-order valence-corrected chi connectivity index (χ0v) is 17.2. The van der Waals surface area contributed by atoms with Gasteiger partial charge in [0.2, 0.25) is 5.91 Å². The number of piperazine rings is 1. The first-order valence-electron chi connectivity index (χ1n) is 10.2. The van der Waals surface area contributed by atoms with Crippen LogP contribution in [0.4, 0.5) is 0 Å². The first kappa shape index (κ1) is 20.4. The molecular weight excluding hydrogens is 362 g/mol. The maximum absolute atomic E-state index is 12.6. The maximum atomic E-state index is 12.6. The quantitative estimate of drug-likeness (QED) is 0.713. The predicted octanol–water partition coefficient (Wildman–Crippen LogP) is 2.99. The first-order chi connectivity index (χ1) is 13.1. The Bertz CT molecular complexity index is 580. The van der Waals surface area contributed by atoms with Crippen molar-refractivity contribution in [3.8, 4) is 5.75 Å². The number of hydrogen-bond acceptors (Lipinski definition) is 4. The third-order valence-corrected chi connectivity index (χ3v) is 6.08. The molecule has 2 saturated heterocycles. The van der Waals surface area contributed by atoms with E-state index in [0.29, 0.717) is 18.4 Å². The molecule has 3 rings (SSSR count). The third-order valence-electron chi connectivity index (χ3n) is 5.83. The predicted molar refractivity (Wildman–Crippen MR) is 109 cm³/mol. The number of rotatable bonds is 7. The Morgan fingerprint density at radius 2 is 1.70 bits per heavy atom. The molecule has 0 spiro atoms. The summed E-state index contributed by atoms with van der Waals surface area (Å²) in [7, 11) is 0. The highest BCUT2D eigenvalue weighted by Crippen LogP contribution is 2.22. The average molecular weight is 394 g/mol. The lowest BCUT2D eigenvalue weighted by Crippen LogP contribution is -2.49. The molecule has 0 aliphatic carbocycles. The van der Waals surface area contributed by atoms with Gasteiger partial charge in [0.15, 0.2) is 0 Å². The van der Waals surface area contributed by atoms with Crippen LogP contribution in [-0.2, 0) is 4.79 Å². The van der Waals surface area contributed by atoms with Crippen LogP contribution in [0.5, 0.6) is 5.75 Å². The Morgan fingerprint density at radius 1 is 1.04 bits per heavy atom. The standard InChI is InChI=1S/C21H32ClN3O2/c1-2-23-11-13-25(14-12-23)21(26)17-18-7-9-24(10-8-18)15-16-27-20-5-3-19(22)4-6-20/h3-6,18H,2,7-17H2,1H3. The van der Waals surface area contributed by atoms with Crippen LogP contribution in [-0.4, -0.2) is 79.6 Å². The van der Waals surface area contributed by atoms with Gasteiger partial charge < -0.3 is 14.5 Å². The van der Waals surface area contributed by atoms with Crippen LogP contribution in [0.25, 0.3) is 0 Å². The Labute approximate surface area is 168 Å². The number of hydrogen-bond donors (Lipinski definition) is 0. The number of carbonyl (C=O) groups excluding carboxylic acids is 1. The summed E-state index contributed by atoms with van der Waals surface area (Å²) in [6, 6.07) is 7.50. The SMILES string of the molecule is CCN1CCN(C(=O)CC2CCN(CCOc3ccc(Cl)cc3)CC2)CC1. The topological polar surface area (TPSA) is 36.0 Å². The summed E-state index contributed by atoms with van der Waals surface area (Å²) in [6.07, 6.45) is 2.95. The molecule has 150 valence electrons. The molecule has 0 radical (unpaired) electrons. The minimum Gasteiger partial charge on any atom is -0.492 e. The van der Waals surface area contributed by atoms with Gasteiger partial charge in [0.25, 0.3) is 0 Å². The summed E-state index contributed by atoms with van der Waals surface area (Å²) in [5.74, 6) is 1.76. The van der Waals surface area contributed by atoms with E-state index in [4.69, 9.17) is 16.3 Å². The van der Waals surface area contributed by atoms with Gasteiger partial charge in [0, 0.05) is 44.2 Å². The van der Waals surface area contributed by atoms with E-state index in [1.165, 1.54) is 0 Å². The van der Waals surface area contributed by atoms with Crippen molar-refractivity contribution in [2.45, 2.75) is 26.2 Å². The number of likely N-dealkylation sites (N-methyl/N-ethyl adjacent to an activating group) is 1. The molecule has 2 aliphatic rings. The fourth-order valence-corrected chi connectivity index (χ4v) is 4.05. The minimum absolute atomic E-state index is 0.357. The van der Waals surface area contributed by atoms with Gasteiger partial charge in [-0.05, 0) is 62.7 Å². The van der Waals surface area contributed by atoms with Gasteiger partial charge in [0.1, 0.15) is 12.4 Å². The van der Waals surface area contributed by atoms with Gasteiger partial charge in [-0.2, -0.15) is 0 Å². The summed E-state index contributed by atoms with van der Waals surface area (Å²) in [6.45, 7) is 10.9. The van der Waals surface area contributed by atoms with Crippen molar-refractivity contribution in [1.82, 2.24) is 14.7 Å². The molecule has 2 aliphatic heterocycles. The second-order valence-corrected chi connectivity index (χ2v) is 8.04. The summed E-state index contributed by atoms with van der Waals surface area (Å²) < 4.78 is 5.79. The van der Waals surface area contributed by atoms with Gasteiger partial charge in [-0.1, -0.05) is 18.5 Å². The molecule has 2 heterocycles. The van der Waals surface area contributed by atoms with Gasteiger partial charge in [-0.3, -0.25) is 9.69 Å². The van der Waals surface area contributed by atoms with Crippen molar-refractivity contribution >= 4 is 17.5 Å². The summed E-state index contributed by atoms with van der Waals surface area (Å²) in [4.78, 5) is 19.5. The van der Waals surface area contributed by atoms with E-state index in [0.717, 1.165) is 82.4 Å². The van der Waals surface area contributed by atoms with Crippen molar-refractivity contribution in [2.24, 2.45) is 5.92 Å². The minimum atomic E-state index is 0.357. The molecule has 0 saturated carbocycles. The highest BCUT2D eigenvalue weighted by atomic mass is 35.5. The molecule has 27 heavy (non-hydrogen) atoms. The number of piperidine rings is 1. The Morgan fingerprint density at radius 3 is 2.33 bits per heavy atom. The number of nitrogens with zero attached hydrogens (tertiary/aromatic N) is 3. The molecule has 1 aromatic carbocycles. The maximum Gasteiger partial charge on any atom is 0.222 e. The van der Waals surface area contributed by atoms with Crippen LogP contribution < -0.4 is 4.74 Å². The summed E-state index contributed by atoms with van der Waals surface area (Å²) in [5, 5.41) is 0.728. The normalized spacial score (nSPS) is 20.0. The molecule has 0 aromatic heterocycles. The van der Waals surface area contributed by atoms with Crippen LogP contribution >= 0.6 is 11.6 Å². The van der Waals surface area contributed by atoms with Gasteiger partial charge in [0.05, 0.1) is 0 Å². The van der Waals surface area contributed by atoms with E-state index >= 15 is 0 Å². The Balaban J connectivity index is 1.30. The molecule has 0 unspecified atom stereocenters.